The number of hydrogen-bond acceptors (Lipinski definition) is 5. The van der Waals surface area contributed by atoms with Gasteiger partial charge < -0.3 is 15.8 Å². The van der Waals surface area contributed by atoms with Gasteiger partial charge in [-0.05, 0) is 54.6 Å². The Morgan fingerprint density at radius 1 is 0.900 bits per heavy atom. The Labute approximate surface area is 173 Å². The Balaban J connectivity index is 1.79. The monoisotopic (exact) mass is 425 g/mol. The molecule has 0 unspecified atom stereocenters. The first-order chi connectivity index (χ1) is 14.3. The molecule has 0 heterocycles. The molecule has 0 atom stereocenters. The Kier molecular flexibility index (Phi) is 6.03. The molecular formula is C21H19N3O5S. The van der Waals surface area contributed by atoms with Crippen molar-refractivity contribution in [1.82, 2.24) is 0 Å². The smallest absolute Gasteiger partial charge is 0.261 e. The lowest BCUT2D eigenvalue weighted by atomic mass is 10.1. The zero-order valence-corrected chi connectivity index (χ0v) is 16.8. The molecule has 8 nitrogen and oxygen atoms in total. The number of nitrogens with one attached hydrogen (secondary N) is 2. The van der Waals surface area contributed by atoms with Crippen molar-refractivity contribution >= 4 is 33.2 Å². The van der Waals surface area contributed by atoms with Crippen LogP contribution in [0.15, 0.2) is 77.7 Å². The predicted octanol–water partition coefficient (Wildman–Crippen LogP) is 2.85. The summed E-state index contributed by atoms with van der Waals surface area (Å²) in [5.41, 5.74) is 6.40. The van der Waals surface area contributed by atoms with E-state index in [9.17, 15) is 18.0 Å². The highest BCUT2D eigenvalue weighted by Gasteiger charge is 2.16. The van der Waals surface area contributed by atoms with Gasteiger partial charge in [0.25, 0.3) is 15.9 Å². The third-order valence-corrected chi connectivity index (χ3v) is 5.58. The lowest BCUT2D eigenvalue weighted by Crippen LogP contribution is -2.16. The van der Waals surface area contributed by atoms with Crippen molar-refractivity contribution in [3.8, 4) is 5.75 Å². The van der Waals surface area contributed by atoms with Crippen LogP contribution in [0.5, 0.6) is 5.75 Å². The molecule has 2 amide bonds. The number of carbonyl (C=O) groups is 2. The summed E-state index contributed by atoms with van der Waals surface area (Å²) in [4.78, 5) is 24.0. The molecule has 3 aromatic carbocycles. The van der Waals surface area contributed by atoms with Gasteiger partial charge in [-0.3, -0.25) is 14.3 Å². The third kappa shape index (κ3) is 4.76. The largest absolute Gasteiger partial charge is 0.495 e. The molecule has 4 N–H and O–H groups in total. The molecule has 3 aromatic rings. The highest BCUT2D eigenvalue weighted by molar-refractivity contribution is 7.92. The molecule has 0 saturated heterocycles. The molecule has 0 spiro atoms. The number of hydrogen-bond donors (Lipinski definition) is 3. The number of methoxy groups -OCH3 is 1. The number of amides is 2. The number of primary amides is 1. The van der Waals surface area contributed by atoms with E-state index in [2.05, 4.69) is 10.0 Å². The van der Waals surface area contributed by atoms with Gasteiger partial charge in [-0.15, -0.1) is 0 Å². The Morgan fingerprint density at radius 3 is 2.13 bits per heavy atom. The minimum Gasteiger partial charge on any atom is -0.495 e. The van der Waals surface area contributed by atoms with Crippen molar-refractivity contribution in [1.29, 1.82) is 0 Å². The van der Waals surface area contributed by atoms with Gasteiger partial charge in [0.2, 0.25) is 5.91 Å². The number of para-hydroxylation sites is 1. The van der Waals surface area contributed by atoms with Crippen LogP contribution in [0.3, 0.4) is 0 Å². The van der Waals surface area contributed by atoms with E-state index in [1.54, 1.807) is 30.3 Å². The standard InChI is InChI=1S/C21H19N3O5S/c1-29-19-12-9-15(20(22)25)13-18(19)23-21(26)14-7-10-17(11-8-14)30(27,28)24-16-5-3-2-4-6-16/h2-13,24H,1H3,(H2,22,25)(H,23,26). The maximum absolute atomic E-state index is 12.6. The SMILES string of the molecule is COc1ccc(C(N)=O)cc1NC(=O)c1ccc(S(=O)(=O)Nc2ccccc2)cc1. The van der Waals surface area contributed by atoms with Crippen LogP contribution in [0.4, 0.5) is 11.4 Å². The van der Waals surface area contributed by atoms with E-state index >= 15 is 0 Å². The molecule has 0 aromatic heterocycles. The van der Waals surface area contributed by atoms with Gasteiger partial charge in [0.15, 0.2) is 0 Å². The van der Waals surface area contributed by atoms with E-state index in [1.165, 1.54) is 49.6 Å². The lowest BCUT2D eigenvalue weighted by molar-refractivity contribution is 0.0996. The third-order valence-electron chi connectivity index (χ3n) is 4.19. The maximum Gasteiger partial charge on any atom is 0.261 e. The van der Waals surface area contributed by atoms with Crippen LogP contribution in [0.1, 0.15) is 20.7 Å². The van der Waals surface area contributed by atoms with Crippen molar-refractivity contribution in [2.24, 2.45) is 5.73 Å². The van der Waals surface area contributed by atoms with E-state index < -0.39 is 21.8 Å². The van der Waals surface area contributed by atoms with Gasteiger partial charge in [-0.25, -0.2) is 8.42 Å². The number of carbonyl (C=O) groups excluding carboxylic acids is 2. The molecule has 154 valence electrons. The summed E-state index contributed by atoms with van der Waals surface area (Å²) in [6, 6.07) is 18.3. The Bertz CT molecular complexity index is 1180. The first-order valence-electron chi connectivity index (χ1n) is 8.77. The van der Waals surface area contributed by atoms with Crippen molar-refractivity contribution in [2.75, 3.05) is 17.1 Å². The number of nitrogens with two attached hydrogens (primary N) is 1. The number of benzene rings is 3. The van der Waals surface area contributed by atoms with Crippen LogP contribution in [0.25, 0.3) is 0 Å². The van der Waals surface area contributed by atoms with E-state index in [1.807, 2.05) is 0 Å². The zero-order valence-electron chi connectivity index (χ0n) is 16.0. The van der Waals surface area contributed by atoms with Crippen molar-refractivity contribution < 1.29 is 22.7 Å². The summed E-state index contributed by atoms with van der Waals surface area (Å²) < 4.78 is 32.6. The van der Waals surface area contributed by atoms with Crippen LogP contribution in [-0.2, 0) is 10.0 Å². The fourth-order valence-corrected chi connectivity index (χ4v) is 3.72. The first kappa shape index (κ1) is 20.9. The van der Waals surface area contributed by atoms with Crippen LogP contribution in [0, 0.1) is 0 Å². The van der Waals surface area contributed by atoms with Gasteiger partial charge in [-0.2, -0.15) is 0 Å². The summed E-state index contributed by atoms with van der Waals surface area (Å²) >= 11 is 0. The summed E-state index contributed by atoms with van der Waals surface area (Å²) in [5, 5.41) is 2.63. The summed E-state index contributed by atoms with van der Waals surface area (Å²) in [6.45, 7) is 0. The van der Waals surface area contributed by atoms with Crippen LogP contribution >= 0.6 is 0 Å². The molecule has 0 fully saturated rings. The molecule has 30 heavy (non-hydrogen) atoms. The minimum absolute atomic E-state index is 0.0104. The molecule has 0 radical (unpaired) electrons. The molecular weight excluding hydrogens is 406 g/mol. The second-order valence-electron chi connectivity index (χ2n) is 6.23. The average Bonchev–Trinajstić information content (AvgIpc) is 2.74. The lowest BCUT2D eigenvalue weighted by Gasteiger charge is -2.12. The molecule has 0 bridgehead atoms. The normalized spacial score (nSPS) is 10.8. The van der Waals surface area contributed by atoms with Gasteiger partial charge in [0, 0.05) is 16.8 Å². The number of sulfonamides is 1. The highest BCUT2D eigenvalue weighted by atomic mass is 32.2. The van der Waals surface area contributed by atoms with Crippen molar-refractivity contribution in [2.45, 2.75) is 4.90 Å². The molecule has 3 rings (SSSR count). The number of anilines is 2. The van der Waals surface area contributed by atoms with Crippen molar-refractivity contribution in [3.63, 3.8) is 0 Å². The average molecular weight is 425 g/mol. The second kappa shape index (κ2) is 8.66. The quantitative estimate of drug-likeness (QED) is 0.536. The van der Waals surface area contributed by atoms with Gasteiger partial charge >= 0.3 is 0 Å². The Hall–Kier alpha value is -3.85. The highest BCUT2D eigenvalue weighted by Crippen LogP contribution is 2.26. The van der Waals surface area contributed by atoms with E-state index in [4.69, 9.17) is 10.5 Å². The molecule has 0 aliphatic rings. The van der Waals surface area contributed by atoms with Crippen LogP contribution < -0.4 is 20.5 Å². The van der Waals surface area contributed by atoms with E-state index in [0.717, 1.165) is 0 Å². The van der Waals surface area contributed by atoms with E-state index in [-0.39, 0.29) is 21.7 Å². The first-order valence-corrected chi connectivity index (χ1v) is 10.3. The summed E-state index contributed by atoms with van der Waals surface area (Å²) in [6.07, 6.45) is 0. The molecule has 0 aliphatic heterocycles. The maximum atomic E-state index is 12.6. The zero-order chi connectivity index (χ0) is 21.7. The predicted molar refractivity (Wildman–Crippen MR) is 113 cm³/mol. The number of ether oxygens (including phenoxy) is 1. The second-order valence-corrected chi connectivity index (χ2v) is 7.91. The topological polar surface area (TPSA) is 128 Å². The van der Waals surface area contributed by atoms with E-state index in [0.29, 0.717) is 11.4 Å². The molecule has 0 saturated carbocycles. The molecule has 9 heteroatoms. The Morgan fingerprint density at radius 2 is 1.53 bits per heavy atom. The van der Waals surface area contributed by atoms with Crippen molar-refractivity contribution in [3.05, 3.63) is 83.9 Å². The fraction of sp³-hybridized carbons (Fsp3) is 0.0476. The van der Waals surface area contributed by atoms with Crippen LogP contribution in [0.2, 0.25) is 0 Å². The number of rotatable bonds is 7. The van der Waals surface area contributed by atoms with Gasteiger partial charge in [0.1, 0.15) is 5.75 Å². The summed E-state index contributed by atoms with van der Waals surface area (Å²) in [5.74, 6) is -0.803. The summed E-state index contributed by atoms with van der Waals surface area (Å²) in [7, 11) is -2.37. The van der Waals surface area contributed by atoms with Gasteiger partial charge in [0.05, 0.1) is 17.7 Å². The fourth-order valence-electron chi connectivity index (χ4n) is 2.66. The van der Waals surface area contributed by atoms with Crippen LogP contribution in [-0.4, -0.2) is 27.3 Å². The minimum atomic E-state index is -3.79. The molecule has 0 aliphatic carbocycles. The van der Waals surface area contributed by atoms with Gasteiger partial charge in [-0.1, -0.05) is 18.2 Å².